The lowest BCUT2D eigenvalue weighted by molar-refractivity contribution is -0.205. The van der Waals surface area contributed by atoms with Gasteiger partial charge in [0.05, 0.1) is 30.9 Å². The van der Waals surface area contributed by atoms with Crippen LogP contribution in [0.25, 0.3) is 0 Å². The van der Waals surface area contributed by atoms with Gasteiger partial charge in [-0.15, -0.1) is 11.8 Å². The summed E-state index contributed by atoms with van der Waals surface area (Å²) in [6.45, 7) is 0.711. The number of nitrogens with zero attached hydrogens (tertiary/aromatic N) is 1. The van der Waals surface area contributed by atoms with Gasteiger partial charge in [0, 0.05) is 0 Å². The Kier molecular flexibility index (Phi) is 8.02. The molecule has 192 valence electrons. The Balaban J connectivity index is 1.40. The molecule has 5 rings (SSSR count). The van der Waals surface area contributed by atoms with Crippen LogP contribution in [0.2, 0.25) is 0 Å². The second-order valence-corrected chi connectivity index (χ2v) is 9.98. The van der Waals surface area contributed by atoms with Crippen molar-refractivity contribution < 1.29 is 28.9 Å². The number of aliphatic hydroxyl groups is 1. The number of fused-ring (bicyclic) bond motifs is 1. The minimum absolute atomic E-state index is 0.132. The molecule has 7 nitrogen and oxygen atoms in total. The Hall–Kier alpha value is -3.01. The highest BCUT2D eigenvalue weighted by Crippen LogP contribution is 2.37. The number of amides is 2. The van der Waals surface area contributed by atoms with Crippen LogP contribution in [0.4, 0.5) is 0 Å². The fraction of sp³-hybridized carbons (Fsp3) is 0.310. The fourth-order valence-corrected chi connectivity index (χ4v) is 5.62. The first-order valence-corrected chi connectivity index (χ1v) is 13.5. The van der Waals surface area contributed by atoms with Gasteiger partial charge >= 0.3 is 0 Å². The molecule has 0 unspecified atom stereocenters. The number of imide groups is 1. The van der Waals surface area contributed by atoms with Crippen molar-refractivity contribution in [3.63, 3.8) is 0 Å². The molecular weight excluding hydrogens is 490 g/mol. The third-order valence-corrected chi connectivity index (χ3v) is 7.53. The summed E-state index contributed by atoms with van der Waals surface area (Å²) >= 11 is 1.37. The van der Waals surface area contributed by atoms with Crippen molar-refractivity contribution in [3.05, 3.63) is 107 Å². The number of carbonyl (C=O) groups is 2. The van der Waals surface area contributed by atoms with Crippen LogP contribution in [-0.4, -0.2) is 64.5 Å². The molecule has 2 aliphatic rings. The van der Waals surface area contributed by atoms with Crippen LogP contribution in [0, 0.1) is 0 Å². The summed E-state index contributed by atoms with van der Waals surface area (Å²) in [6.07, 6.45) is -0.853. The molecular formula is C29H29NO6S. The minimum Gasteiger partial charge on any atom is -0.388 e. The maximum Gasteiger partial charge on any atom is 0.262 e. The van der Waals surface area contributed by atoms with Gasteiger partial charge in [0.15, 0.2) is 0 Å². The first-order valence-electron chi connectivity index (χ1n) is 12.2. The minimum atomic E-state index is -1.13. The number of carbonyl (C=O) groups excluding carboxylic acids is 2. The third kappa shape index (κ3) is 5.35. The number of hydrogen-bond acceptors (Lipinski definition) is 7. The average Bonchev–Trinajstić information content (AvgIpc) is 3.19. The largest absolute Gasteiger partial charge is 0.388 e. The molecule has 2 amide bonds. The number of benzene rings is 3. The van der Waals surface area contributed by atoms with Crippen molar-refractivity contribution in [1.29, 1.82) is 0 Å². The summed E-state index contributed by atoms with van der Waals surface area (Å²) in [4.78, 5) is 28.0. The standard InChI is InChI=1S/C29H29NO6S/c1-37-29-24(30-27(32)21-14-8-9-15-22(21)28(30)33)26(35-17-20-12-6-3-7-13-20)25(31)23(36-29)18-34-16-19-10-4-2-5-11-19/h2-15,23-26,29,31H,16-18H2,1H3/t23-,24-,25-,26-,29+/m1/s1. The Morgan fingerprint density at radius 2 is 1.38 bits per heavy atom. The van der Waals surface area contributed by atoms with Crippen molar-refractivity contribution in [2.45, 2.75) is 43.0 Å². The van der Waals surface area contributed by atoms with Gasteiger partial charge in [-0.1, -0.05) is 72.8 Å². The van der Waals surface area contributed by atoms with Crippen molar-refractivity contribution in [2.24, 2.45) is 0 Å². The SMILES string of the molecule is CS[C@@H]1O[C@H](COCc2ccccc2)[C@@H](O)[C@H](OCc2ccccc2)[C@H]1N1C(=O)c2ccccc2C1=O. The average molecular weight is 520 g/mol. The molecule has 0 bridgehead atoms. The predicted octanol–water partition coefficient (Wildman–Crippen LogP) is 3.90. The predicted molar refractivity (Wildman–Crippen MR) is 140 cm³/mol. The zero-order valence-corrected chi connectivity index (χ0v) is 21.3. The fourth-order valence-electron chi connectivity index (χ4n) is 4.81. The van der Waals surface area contributed by atoms with Gasteiger partial charge in [-0.05, 0) is 29.5 Å². The summed E-state index contributed by atoms with van der Waals surface area (Å²) < 4.78 is 18.4. The van der Waals surface area contributed by atoms with E-state index in [1.165, 1.54) is 16.7 Å². The Morgan fingerprint density at radius 3 is 1.95 bits per heavy atom. The highest BCUT2D eigenvalue weighted by atomic mass is 32.2. The van der Waals surface area contributed by atoms with E-state index in [4.69, 9.17) is 14.2 Å². The second-order valence-electron chi connectivity index (χ2n) is 9.05. The van der Waals surface area contributed by atoms with Gasteiger partial charge < -0.3 is 19.3 Å². The van der Waals surface area contributed by atoms with E-state index in [1.807, 2.05) is 66.9 Å². The van der Waals surface area contributed by atoms with E-state index < -0.39 is 41.6 Å². The summed E-state index contributed by atoms with van der Waals surface area (Å²) in [6, 6.07) is 25.3. The summed E-state index contributed by atoms with van der Waals surface area (Å²) in [5.41, 5.74) is 2.00. The number of rotatable bonds is 9. The van der Waals surface area contributed by atoms with Gasteiger partial charge in [0.25, 0.3) is 11.8 Å². The lowest BCUT2D eigenvalue weighted by Gasteiger charge is -2.46. The van der Waals surface area contributed by atoms with E-state index in [0.29, 0.717) is 17.7 Å². The summed E-state index contributed by atoms with van der Waals surface area (Å²) in [7, 11) is 0. The van der Waals surface area contributed by atoms with Gasteiger partial charge in [0.2, 0.25) is 0 Å². The maximum absolute atomic E-state index is 13.4. The van der Waals surface area contributed by atoms with Crippen LogP contribution in [0.5, 0.6) is 0 Å². The van der Waals surface area contributed by atoms with Crippen LogP contribution in [-0.2, 0) is 27.4 Å². The Bertz CT molecular complexity index is 1190. The second kappa shape index (κ2) is 11.6. The number of ether oxygens (including phenoxy) is 3. The molecule has 3 aromatic rings. The van der Waals surface area contributed by atoms with Crippen molar-refractivity contribution >= 4 is 23.6 Å². The molecule has 0 aromatic heterocycles. The molecule has 3 aromatic carbocycles. The van der Waals surface area contributed by atoms with Crippen molar-refractivity contribution in [3.8, 4) is 0 Å². The first kappa shape index (κ1) is 25.6. The zero-order chi connectivity index (χ0) is 25.8. The number of hydrogen-bond donors (Lipinski definition) is 1. The molecule has 37 heavy (non-hydrogen) atoms. The van der Waals surface area contributed by atoms with Crippen LogP contribution in [0.15, 0.2) is 84.9 Å². The Labute approximate surface area is 220 Å². The van der Waals surface area contributed by atoms with Gasteiger partial charge in [0.1, 0.15) is 29.8 Å². The third-order valence-electron chi connectivity index (χ3n) is 6.68. The molecule has 0 aliphatic carbocycles. The monoisotopic (exact) mass is 519 g/mol. The lowest BCUT2D eigenvalue weighted by atomic mass is 9.96. The van der Waals surface area contributed by atoms with Gasteiger partial charge in [-0.3, -0.25) is 14.5 Å². The molecule has 0 saturated carbocycles. The van der Waals surface area contributed by atoms with Crippen LogP contribution in [0.1, 0.15) is 31.8 Å². The van der Waals surface area contributed by atoms with Gasteiger partial charge in [-0.2, -0.15) is 0 Å². The quantitative estimate of drug-likeness (QED) is 0.429. The first-order chi connectivity index (χ1) is 18.1. The topological polar surface area (TPSA) is 85.3 Å². The summed E-state index contributed by atoms with van der Waals surface area (Å²) in [5.74, 6) is -0.819. The molecule has 2 heterocycles. The molecule has 1 fully saturated rings. The van der Waals surface area contributed by atoms with E-state index >= 15 is 0 Å². The molecule has 1 N–H and O–H groups in total. The van der Waals surface area contributed by atoms with E-state index in [0.717, 1.165) is 11.1 Å². The molecule has 2 aliphatic heterocycles. The lowest BCUT2D eigenvalue weighted by Crippen LogP contribution is -2.65. The smallest absolute Gasteiger partial charge is 0.262 e. The van der Waals surface area contributed by atoms with E-state index in [-0.39, 0.29) is 13.2 Å². The van der Waals surface area contributed by atoms with Crippen molar-refractivity contribution in [2.75, 3.05) is 12.9 Å². The molecule has 0 spiro atoms. The van der Waals surface area contributed by atoms with Gasteiger partial charge in [-0.25, -0.2) is 0 Å². The van der Waals surface area contributed by atoms with Crippen LogP contribution in [0.3, 0.4) is 0 Å². The van der Waals surface area contributed by atoms with E-state index in [2.05, 4.69) is 0 Å². The normalized spacial score (nSPS) is 25.4. The molecule has 0 radical (unpaired) electrons. The van der Waals surface area contributed by atoms with Crippen LogP contribution < -0.4 is 0 Å². The van der Waals surface area contributed by atoms with E-state index in [1.54, 1.807) is 24.3 Å². The zero-order valence-electron chi connectivity index (χ0n) is 20.4. The van der Waals surface area contributed by atoms with E-state index in [9.17, 15) is 14.7 Å². The highest BCUT2D eigenvalue weighted by Gasteiger charge is 2.53. The number of thioether (sulfide) groups is 1. The highest BCUT2D eigenvalue weighted by molar-refractivity contribution is 7.99. The van der Waals surface area contributed by atoms with Crippen LogP contribution >= 0.6 is 11.8 Å². The Morgan fingerprint density at radius 1 is 0.838 bits per heavy atom. The number of aliphatic hydroxyl groups excluding tert-OH is 1. The summed E-state index contributed by atoms with van der Waals surface area (Å²) in [5, 5.41) is 11.4. The molecule has 8 heteroatoms. The van der Waals surface area contributed by atoms with Crippen molar-refractivity contribution in [1.82, 2.24) is 4.90 Å². The molecule has 1 saturated heterocycles. The molecule has 5 atom stereocenters. The maximum atomic E-state index is 13.4.